The lowest BCUT2D eigenvalue weighted by molar-refractivity contribution is 0.899. The molecule has 106 valence electrons. The molecule has 0 spiro atoms. The third-order valence-corrected chi connectivity index (χ3v) is 3.49. The number of anilines is 1. The number of imidazole rings is 1. The van der Waals surface area contributed by atoms with Gasteiger partial charge in [0, 0.05) is 11.8 Å². The summed E-state index contributed by atoms with van der Waals surface area (Å²) in [6.07, 6.45) is 7.65. The summed E-state index contributed by atoms with van der Waals surface area (Å²) in [4.78, 5) is 8.47. The first-order valence-corrected chi connectivity index (χ1v) is 7.12. The van der Waals surface area contributed by atoms with Crippen LogP contribution < -0.4 is 5.73 Å². The van der Waals surface area contributed by atoms with E-state index in [4.69, 9.17) is 5.73 Å². The van der Waals surface area contributed by atoms with E-state index in [0.717, 1.165) is 24.1 Å². The zero-order valence-corrected chi connectivity index (χ0v) is 12.0. The van der Waals surface area contributed by atoms with E-state index in [-0.39, 0.29) is 0 Å². The Morgan fingerprint density at radius 1 is 1.10 bits per heavy atom. The lowest BCUT2D eigenvalue weighted by Crippen LogP contribution is -2.00. The van der Waals surface area contributed by atoms with Gasteiger partial charge in [0.25, 0.3) is 0 Å². The minimum atomic E-state index is 0.524. The van der Waals surface area contributed by atoms with Crippen molar-refractivity contribution in [2.75, 3.05) is 5.73 Å². The van der Waals surface area contributed by atoms with E-state index < -0.39 is 0 Å². The number of nitrogen functional groups attached to an aromatic ring is 1. The molecule has 21 heavy (non-hydrogen) atoms. The number of para-hydroxylation sites is 1. The first-order valence-electron chi connectivity index (χ1n) is 7.12. The Balaban J connectivity index is 2.09. The second kappa shape index (κ2) is 5.79. The number of aryl methyl sites for hydroxylation is 1. The van der Waals surface area contributed by atoms with Crippen LogP contribution in [0, 0.1) is 0 Å². The van der Waals surface area contributed by atoms with Gasteiger partial charge in [0.05, 0.1) is 23.9 Å². The molecule has 3 rings (SSSR count). The highest BCUT2D eigenvalue weighted by Crippen LogP contribution is 2.25. The fourth-order valence-corrected chi connectivity index (χ4v) is 2.48. The normalized spacial score (nSPS) is 10.7. The zero-order valence-electron chi connectivity index (χ0n) is 12.0. The lowest BCUT2D eigenvalue weighted by atomic mass is 10.1. The van der Waals surface area contributed by atoms with Gasteiger partial charge in [-0.3, -0.25) is 4.57 Å². The number of aromatic nitrogens is 3. The number of nitrogens with two attached hydrogens (primary N) is 1. The van der Waals surface area contributed by atoms with Crippen LogP contribution in [0.25, 0.3) is 16.9 Å². The van der Waals surface area contributed by atoms with E-state index in [0.29, 0.717) is 5.82 Å². The maximum absolute atomic E-state index is 5.66. The summed E-state index contributed by atoms with van der Waals surface area (Å²) in [6.45, 7) is 2.19. The number of nitrogens with zero attached hydrogens (tertiary/aromatic N) is 3. The molecule has 0 saturated carbocycles. The predicted molar refractivity (Wildman–Crippen MR) is 85.2 cm³/mol. The number of hydrogen-bond donors (Lipinski definition) is 1. The third kappa shape index (κ3) is 2.65. The average molecular weight is 278 g/mol. The van der Waals surface area contributed by atoms with Gasteiger partial charge in [-0.1, -0.05) is 31.5 Å². The van der Waals surface area contributed by atoms with Crippen LogP contribution >= 0.6 is 0 Å². The SMILES string of the molecule is CCCc1ccccc1-n1cncc1-c1ccc(N)nc1. The van der Waals surface area contributed by atoms with Crippen molar-refractivity contribution in [2.45, 2.75) is 19.8 Å². The maximum atomic E-state index is 5.66. The van der Waals surface area contributed by atoms with Gasteiger partial charge in [-0.25, -0.2) is 9.97 Å². The van der Waals surface area contributed by atoms with E-state index in [2.05, 4.69) is 45.7 Å². The minimum Gasteiger partial charge on any atom is -0.384 e. The van der Waals surface area contributed by atoms with Crippen molar-refractivity contribution in [3.05, 3.63) is 60.7 Å². The van der Waals surface area contributed by atoms with Gasteiger partial charge in [0.2, 0.25) is 0 Å². The Kier molecular flexibility index (Phi) is 3.69. The molecule has 0 bridgehead atoms. The summed E-state index contributed by atoms with van der Waals surface area (Å²) in [7, 11) is 0. The molecular weight excluding hydrogens is 260 g/mol. The van der Waals surface area contributed by atoms with Crippen molar-refractivity contribution in [3.8, 4) is 16.9 Å². The fourth-order valence-electron chi connectivity index (χ4n) is 2.48. The minimum absolute atomic E-state index is 0.524. The summed E-state index contributed by atoms with van der Waals surface area (Å²) in [5.41, 5.74) is 10.2. The number of pyridine rings is 1. The summed E-state index contributed by atoms with van der Waals surface area (Å²) >= 11 is 0. The predicted octanol–water partition coefficient (Wildman–Crippen LogP) is 3.47. The van der Waals surface area contributed by atoms with E-state index >= 15 is 0 Å². The van der Waals surface area contributed by atoms with Gasteiger partial charge in [0.1, 0.15) is 5.82 Å². The van der Waals surface area contributed by atoms with Crippen molar-refractivity contribution in [2.24, 2.45) is 0 Å². The van der Waals surface area contributed by atoms with Crippen LogP contribution in [0.3, 0.4) is 0 Å². The third-order valence-electron chi connectivity index (χ3n) is 3.49. The molecule has 0 unspecified atom stereocenters. The Morgan fingerprint density at radius 2 is 1.95 bits per heavy atom. The lowest BCUT2D eigenvalue weighted by Gasteiger charge is -2.13. The van der Waals surface area contributed by atoms with Crippen molar-refractivity contribution < 1.29 is 0 Å². The molecular formula is C17H18N4. The molecule has 0 radical (unpaired) electrons. The molecule has 0 atom stereocenters. The maximum Gasteiger partial charge on any atom is 0.123 e. The molecule has 0 amide bonds. The van der Waals surface area contributed by atoms with Crippen molar-refractivity contribution >= 4 is 5.82 Å². The van der Waals surface area contributed by atoms with Crippen molar-refractivity contribution in [1.82, 2.24) is 14.5 Å². The Hall–Kier alpha value is -2.62. The Bertz CT molecular complexity index is 729. The quantitative estimate of drug-likeness (QED) is 0.795. The topological polar surface area (TPSA) is 56.7 Å². The molecule has 4 nitrogen and oxygen atoms in total. The average Bonchev–Trinajstić information content (AvgIpc) is 2.98. The monoisotopic (exact) mass is 278 g/mol. The molecule has 2 N–H and O–H groups in total. The van der Waals surface area contributed by atoms with Crippen LogP contribution in [0.1, 0.15) is 18.9 Å². The van der Waals surface area contributed by atoms with Gasteiger partial charge in [0.15, 0.2) is 0 Å². The van der Waals surface area contributed by atoms with E-state index in [1.165, 1.54) is 11.3 Å². The van der Waals surface area contributed by atoms with Crippen LogP contribution in [0.5, 0.6) is 0 Å². The van der Waals surface area contributed by atoms with Gasteiger partial charge in [-0.15, -0.1) is 0 Å². The first-order chi connectivity index (χ1) is 10.3. The van der Waals surface area contributed by atoms with Crippen molar-refractivity contribution in [3.63, 3.8) is 0 Å². The number of rotatable bonds is 4. The smallest absolute Gasteiger partial charge is 0.123 e. The first kappa shape index (κ1) is 13.4. The van der Waals surface area contributed by atoms with Gasteiger partial charge in [-0.2, -0.15) is 0 Å². The van der Waals surface area contributed by atoms with Gasteiger partial charge < -0.3 is 5.73 Å². The number of benzene rings is 1. The molecule has 2 aromatic heterocycles. The largest absolute Gasteiger partial charge is 0.384 e. The second-order valence-electron chi connectivity index (χ2n) is 5.00. The van der Waals surface area contributed by atoms with Crippen LogP contribution in [-0.2, 0) is 6.42 Å². The van der Waals surface area contributed by atoms with E-state index in [9.17, 15) is 0 Å². The summed E-state index contributed by atoms with van der Waals surface area (Å²) in [5.74, 6) is 0.524. The molecule has 4 heteroatoms. The molecule has 0 aliphatic heterocycles. The molecule has 2 heterocycles. The van der Waals surface area contributed by atoms with E-state index in [1.807, 2.05) is 24.7 Å². The fraction of sp³-hybridized carbons (Fsp3) is 0.176. The van der Waals surface area contributed by atoms with Crippen LogP contribution in [0.4, 0.5) is 5.82 Å². The standard InChI is InChI=1S/C17H18N4/c1-2-5-13-6-3-4-7-15(13)21-12-19-11-16(21)14-8-9-17(18)20-10-14/h3-4,6-12H,2,5H2,1H3,(H2,18,20). The highest BCUT2D eigenvalue weighted by molar-refractivity contribution is 5.62. The van der Waals surface area contributed by atoms with Gasteiger partial charge in [-0.05, 0) is 30.2 Å². The molecule has 0 aliphatic carbocycles. The van der Waals surface area contributed by atoms with E-state index in [1.54, 1.807) is 6.20 Å². The van der Waals surface area contributed by atoms with Crippen LogP contribution in [-0.4, -0.2) is 14.5 Å². The molecule has 0 saturated heterocycles. The molecule has 3 aromatic rings. The Labute approximate surface area is 124 Å². The molecule has 0 fully saturated rings. The summed E-state index contributed by atoms with van der Waals surface area (Å²) < 4.78 is 2.11. The Morgan fingerprint density at radius 3 is 2.71 bits per heavy atom. The van der Waals surface area contributed by atoms with Crippen molar-refractivity contribution in [1.29, 1.82) is 0 Å². The second-order valence-corrected chi connectivity index (χ2v) is 5.00. The van der Waals surface area contributed by atoms with Gasteiger partial charge >= 0.3 is 0 Å². The highest BCUT2D eigenvalue weighted by atomic mass is 15.1. The van der Waals surface area contributed by atoms with Crippen LogP contribution in [0.2, 0.25) is 0 Å². The highest BCUT2D eigenvalue weighted by Gasteiger charge is 2.10. The summed E-state index contributed by atoms with van der Waals surface area (Å²) in [5, 5.41) is 0. The number of hydrogen-bond acceptors (Lipinski definition) is 3. The molecule has 0 aliphatic rings. The molecule has 1 aromatic carbocycles. The van der Waals surface area contributed by atoms with Crippen LogP contribution in [0.15, 0.2) is 55.1 Å². The zero-order chi connectivity index (χ0) is 14.7. The summed E-state index contributed by atoms with van der Waals surface area (Å²) in [6, 6.07) is 12.2.